The highest BCUT2D eigenvalue weighted by molar-refractivity contribution is 5.72. The molecule has 0 amide bonds. The molecule has 0 aromatic heterocycles. The van der Waals surface area contributed by atoms with E-state index < -0.39 is 17.0 Å². The summed E-state index contributed by atoms with van der Waals surface area (Å²) in [5, 5.41) is 19.7. The molecule has 0 radical (unpaired) electrons. The lowest BCUT2D eigenvalue weighted by atomic mass is 10.1. The van der Waals surface area contributed by atoms with Crippen molar-refractivity contribution in [3.8, 4) is 5.75 Å². The standard InChI is InChI=1S/C13H17NO5/c1-8(2)6-12(13(15)16)19-11-5-4-10(14(17)18)7-9(11)3/h4-5,7-8,12H,6H2,1-3H3,(H,15,16). The Morgan fingerprint density at radius 2 is 2.11 bits per heavy atom. The number of benzene rings is 1. The van der Waals surface area contributed by atoms with E-state index in [1.165, 1.54) is 18.2 Å². The van der Waals surface area contributed by atoms with Gasteiger partial charge in [-0.15, -0.1) is 0 Å². The van der Waals surface area contributed by atoms with Crippen molar-refractivity contribution in [3.63, 3.8) is 0 Å². The van der Waals surface area contributed by atoms with E-state index in [1.807, 2.05) is 13.8 Å². The summed E-state index contributed by atoms with van der Waals surface area (Å²) in [5.74, 6) is -0.496. The molecule has 0 heterocycles. The van der Waals surface area contributed by atoms with Crippen molar-refractivity contribution >= 4 is 11.7 Å². The average molecular weight is 267 g/mol. The number of nitrogens with zero attached hydrogens (tertiary/aromatic N) is 1. The quantitative estimate of drug-likeness (QED) is 0.632. The summed E-state index contributed by atoms with van der Waals surface area (Å²) in [4.78, 5) is 21.2. The predicted octanol–water partition coefficient (Wildman–Crippen LogP) is 2.78. The molecule has 0 aliphatic heterocycles. The summed E-state index contributed by atoms with van der Waals surface area (Å²) in [5.41, 5.74) is 0.504. The van der Waals surface area contributed by atoms with Crippen LogP contribution >= 0.6 is 0 Å². The Morgan fingerprint density at radius 1 is 1.47 bits per heavy atom. The first kappa shape index (κ1) is 14.9. The van der Waals surface area contributed by atoms with Crippen molar-refractivity contribution in [2.24, 2.45) is 5.92 Å². The summed E-state index contributed by atoms with van der Waals surface area (Å²) < 4.78 is 5.43. The van der Waals surface area contributed by atoms with Crippen LogP contribution in [0.2, 0.25) is 0 Å². The van der Waals surface area contributed by atoms with Gasteiger partial charge in [0.05, 0.1) is 4.92 Å². The third-order valence-electron chi connectivity index (χ3n) is 2.60. The van der Waals surface area contributed by atoms with Crippen molar-refractivity contribution in [1.82, 2.24) is 0 Å². The number of carboxylic acids is 1. The monoisotopic (exact) mass is 267 g/mol. The normalized spacial score (nSPS) is 12.2. The number of rotatable bonds is 6. The van der Waals surface area contributed by atoms with Crippen LogP contribution in [0.15, 0.2) is 18.2 Å². The summed E-state index contributed by atoms with van der Waals surface area (Å²) in [6, 6.07) is 4.10. The largest absolute Gasteiger partial charge is 0.479 e. The first-order valence-electron chi connectivity index (χ1n) is 5.95. The topological polar surface area (TPSA) is 89.7 Å². The average Bonchev–Trinajstić information content (AvgIpc) is 2.29. The molecule has 0 saturated carbocycles. The molecule has 6 heteroatoms. The van der Waals surface area contributed by atoms with Crippen LogP contribution in [0.4, 0.5) is 5.69 Å². The third-order valence-corrected chi connectivity index (χ3v) is 2.60. The lowest BCUT2D eigenvalue weighted by molar-refractivity contribution is -0.384. The molecule has 0 aliphatic rings. The molecule has 0 spiro atoms. The highest BCUT2D eigenvalue weighted by atomic mass is 16.6. The van der Waals surface area contributed by atoms with E-state index in [2.05, 4.69) is 0 Å². The van der Waals surface area contributed by atoms with Crippen LogP contribution in [-0.4, -0.2) is 22.1 Å². The third kappa shape index (κ3) is 4.24. The Labute approximate surface area is 111 Å². The Hall–Kier alpha value is -2.11. The van der Waals surface area contributed by atoms with Gasteiger partial charge in [-0.2, -0.15) is 0 Å². The Bertz CT molecular complexity index is 484. The number of nitro benzene ring substituents is 1. The van der Waals surface area contributed by atoms with Gasteiger partial charge >= 0.3 is 5.97 Å². The molecule has 0 fully saturated rings. The molecular weight excluding hydrogens is 250 g/mol. The van der Waals surface area contributed by atoms with Gasteiger partial charge in [0.1, 0.15) is 5.75 Å². The van der Waals surface area contributed by atoms with Gasteiger partial charge in [0, 0.05) is 12.1 Å². The zero-order chi connectivity index (χ0) is 14.6. The SMILES string of the molecule is Cc1cc([N+](=O)[O-])ccc1OC(CC(C)C)C(=O)O. The maximum absolute atomic E-state index is 11.1. The number of carboxylic acid groups (broad SMARTS) is 1. The van der Waals surface area contributed by atoms with Gasteiger partial charge in [-0.05, 0) is 30.9 Å². The number of carbonyl (C=O) groups is 1. The molecule has 1 N–H and O–H groups in total. The van der Waals surface area contributed by atoms with Gasteiger partial charge in [0.15, 0.2) is 6.10 Å². The maximum atomic E-state index is 11.1. The second-order valence-electron chi connectivity index (χ2n) is 4.78. The van der Waals surface area contributed by atoms with Gasteiger partial charge < -0.3 is 9.84 Å². The summed E-state index contributed by atoms with van der Waals surface area (Å²) in [6.07, 6.45) is -0.564. The van der Waals surface area contributed by atoms with Crippen molar-refractivity contribution < 1.29 is 19.6 Å². The fraction of sp³-hybridized carbons (Fsp3) is 0.462. The van der Waals surface area contributed by atoms with E-state index in [0.29, 0.717) is 17.7 Å². The van der Waals surface area contributed by atoms with Gasteiger partial charge in [-0.25, -0.2) is 4.79 Å². The van der Waals surface area contributed by atoms with Crippen molar-refractivity contribution in [2.75, 3.05) is 0 Å². The smallest absolute Gasteiger partial charge is 0.344 e. The van der Waals surface area contributed by atoms with E-state index >= 15 is 0 Å². The number of ether oxygens (including phenoxy) is 1. The molecule has 0 bridgehead atoms. The summed E-state index contributed by atoms with van der Waals surface area (Å²) in [6.45, 7) is 5.46. The second-order valence-corrected chi connectivity index (χ2v) is 4.78. The Balaban J connectivity index is 2.91. The minimum atomic E-state index is -1.04. The molecule has 1 rings (SSSR count). The van der Waals surface area contributed by atoms with Gasteiger partial charge in [-0.3, -0.25) is 10.1 Å². The number of non-ortho nitro benzene ring substituents is 1. The summed E-state index contributed by atoms with van der Waals surface area (Å²) in [7, 11) is 0. The first-order valence-corrected chi connectivity index (χ1v) is 5.95. The van der Waals surface area contributed by atoms with Crippen LogP contribution in [0.5, 0.6) is 5.75 Å². The van der Waals surface area contributed by atoms with Crippen molar-refractivity contribution in [1.29, 1.82) is 0 Å². The molecule has 104 valence electrons. The number of aliphatic carboxylic acids is 1. The van der Waals surface area contributed by atoms with Crippen LogP contribution < -0.4 is 4.74 Å². The van der Waals surface area contributed by atoms with Gasteiger partial charge in [0.25, 0.3) is 5.69 Å². The molecule has 6 nitrogen and oxygen atoms in total. The molecule has 19 heavy (non-hydrogen) atoms. The molecule has 0 aliphatic carbocycles. The maximum Gasteiger partial charge on any atom is 0.344 e. The van der Waals surface area contributed by atoms with E-state index in [4.69, 9.17) is 9.84 Å². The fourth-order valence-electron chi connectivity index (χ4n) is 1.66. The van der Waals surface area contributed by atoms with Crippen LogP contribution in [0.25, 0.3) is 0 Å². The molecule has 0 saturated heterocycles. The first-order chi connectivity index (χ1) is 8.81. The Kier molecular flexibility index (Phi) is 4.86. The van der Waals surface area contributed by atoms with E-state index in [0.717, 1.165) is 0 Å². The number of nitro groups is 1. The van der Waals surface area contributed by atoms with Crippen LogP contribution in [0.1, 0.15) is 25.8 Å². The second kappa shape index (κ2) is 6.17. The lowest BCUT2D eigenvalue weighted by Gasteiger charge is -2.18. The highest BCUT2D eigenvalue weighted by Crippen LogP contribution is 2.25. The van der Waals surface area contributed by atoms with Crippen LogP contribution in [0.3, 0.4) is 0 Å². The molecular formula is C13H17NO5. The molecule has 1 aromatic rings. The number of hydrogen-bond acceptors (Lipinski definition) is 4. The Morgan fingerprint density at radius 3 is 2.53 bits per heavy atom. The minimum absolute atomic E-state index is 0.0411. The van der Waals surface area contributed by atoms with Crippen LogP contribution in [0, 0.1) is 23.0 Å². The zero-order valence-corrected chi connectivity index (χ0v) is 11.1. The van der Waals surface area contributed by atoms with Crippen LogP contribution in [-0.2, 0) is 4.79 Å². The van der Waals surface area contributed by atoms with Crippen molar-refractivity contribution in [3.05, 3.63) is 33.9 Å². The molecule has 1 aromatic carbocycles. The lowest BCUT2D eigenvalue weighted by Crippen LogP contribution is -2.28. The van der Waals surface area contributed by atoms with E-state index in [-0.39, 0.29) is 11.6 Å². The fourth-order valence-corrected chi connectivity index (χ4v) is 1.66. The van der Waals surface area contributed by atoms with E-state index in [1.54, 1.807) is 6.92 Å². The summed E-state index contributed by atoms with van der Waals surface area (Å²) >= 11 is 0. The number of aryl methyl sites for hydroxylation is 1. The predicted molar refractivity (Wildman–Crippen MR) is 69.3 cm³/mol. The zero-order valence-electron chi connectivity index (χ0n) is 11.1. The number of hydrogen-bond donors (Lipinski definition) is 1. The highest BCUT2D eigenvalue weighted by Gasteiger charge is 2.22. The molecule has 1 unspecified atom stereocenters. The molecule has 1 atom stereocenters. The minimum Gasteiger partial charge on any atom is -0.479 e. The van der Waals surface area contributed by atoms with E-state index in [9.17, 15) is 14.9 Å². The van der Waals surface area contributed by atoms with Gasteiger partial charge in [0.2, 0.25) is 0 Å². The van der Waals surface area contributed by atoms with Gasteiger partial charge in [-0.1, -0.05) is 13.8 Å². The van der Waals surface area contributed by atoms with Crippen molar-refractivity contribution in [2.45, 2.75) is 33.3 Å².